The number of ether oxygens (including phenoxy) is 2. The molecule has 3 aromatic rings. The van der Waals surface area contributed by atoms with E-state index < -0.39 is 23.9 Å². The molecular formula is C26H27N3O5S. The molecule has 1 N–H and O–H groups in total. The van der Waals surface area contributed by atoms with E-state index in [0.29, 0.717) is 27.7 Å². The summed E-state index contributed by atoms with van der Waals surface area (Å²) in [5.74, 6) is -1.31. The van der Waals surface area contributed by atoms with Crippen LogP contribution in [0.15, 0.2) is 42.7 Å². The fourth-order valence-electron chi connectivity index (χ4n) is 4.00. The van der Waals surface area contributed by atoms with Crippen LogP contribution in [0.5, 0.6) is 0 Å². The lowest BCUT2D eigenvalue weighted by molar-refractivity contribution is -0.125. The van der Waals surface area contributed by atoms with Gasteiger partial charge in [0.15, 0.2) is 5.69 Å². The highest BCUT2D eigenvalue weighted by atomic mass is 32.1. The second-order valence-electron chi connectivity index (χ2n) is 8.50. The van der Waals surface area contributed by atoms with Gasteiger partial charge in [0, 0.05) is 16.6 Å². The largest absolute Gasteiger partial charge is 0.462 e. The van der Waals surface area contributed by atoms with Gasteiger partial charge in [-0.25, -0.2) is 14.6 Å². The summed E-state index contributed by atoms with van der Waals surface area (Å²) in [6.07, 6.45) is 4.07. The van der Waals surface area contributed by atoms with Crippen LogP contribution in [0.4, 0.5) is 5.00 Å². The van der Waals surface area contributed by atoms with Crippen molar-refractivity contribution in [1.82, 2.24) is 9.97 Å². The van der Waals surface area contributed by atoms with Crippen molar-refractivity contribution >= 4 is 34.2 Å². The summed E-state index contributed by atoms with van der Waals surface area (Å²) >= 11 is 1.38. The average molecular weight is 494 g/mol. The van der Waals surface area contributed by atoms with Crippen molar-refractivity contribution in [2.24, 2.45) is 5.92 Å². The van der Waals surface area contributed by atoms with E-state index in [2.05, 4.69) is 22.2 Å². The number of aromatic nitrogens is 2. The van der Waals surface area contributed by atoms with E-state index in [9.17, 15) is 14.4 Å². The zero-order valence-corrected chi connectivity index (χ0v) is 20.7. The van der Waals surface area contributed by atoms with E-state index in [1.54, 1.807) is 44.2 Å². The molecule has 2 atom stereocenters. The maximum atomic E-state index is 13.5. The minimum absolute atomic E-state index is 0.00267. The van der Waals surface area contributed by atoms with E-state index in [1.165, 1.54) is 23.7 Å². The van der Waals surface area contributed by atoms with Crippen LogP contribution in [0, 0.1) is 12.8 Å². The summed E-state index contributed by atoms with van der Waals surface area (Å²) in [6, 6.07) is 8.71. The van der Waals surface area contributed by atoms with Gasteiger partial charge in [-0.1, -0.05) is 37.3 Å². The van der Waals surface area contributed by atoms with Gasteiger partial charge in [0.05, 0.1) is 24.1 Å². The monoisotopic (exact) mass is 493 g/mol. The topological polar surface area (TPSA) is 107 Å². The fraction of sp³-hybridized carbons (Fsp3) is 0.346. The van der Waals surface area contributed by atoms with E-state index >= 15 is 0 Å². The number of hydrogen-bond donors (Lipinski definition) is 1. The third kappa shape index (κ3) is 5.57. The first kappa shape index (κ1) is 24.5. The molecule has 2 aromatic heterocycles. The molecule has 35 heavy (non-hydrogen) atoms. The summed E-state index contributed by atoms with van der Waals surface area (Å²) in [4.78, 5) is 48.3. The first-order chi connectivity index (χ1) is 16.9. The van der Waals surface area contributed by atoms with Crippen LogP contribution in [0.3, 0.4) is 0 Å². The van der Waals surface area contributed by atoms with Crippen LogP contribution in [-0.4, -0.2) is 34.4 Å². The fourth-order valence-corrected chi connectivity index (χ4v) is 5.40. The Bertz CT molecular complexity index is 1220. The summed E-state index contributed by atoms with van der Waals surface area (Å²) in [6.45, 7) is 5.90. The van der Waals surface area contributed by atoms with Gasteiger partial charge >= 0.3 is 11.9 Å². The summed E-state index contributed by atoms with van der Waals surface area (Å²) in [7, 11) is 0. The van der Waals surface area contributed by atoms with Crippen LogP contribution in [0.1, 0.15) is 68.9 Å². The number of benzene rings is 1. The molecule has 8 nitrogen and oxygen atoms in total. The molecule has 0 unspecified atom stereocenters. The van der Waals surface area contributed by atoms with Crippen LogP contribution in [-0.2, 0) is 27.1 Å². The average Bonchev–Trinajstić information content (AvgIpc) is 3.20. The van der Waals surface area contributed by atoms with Crippen molar-refractivity contribution in [3.05, 3.63) is 75.7 Å². The first-order valence-electron chi connectivity index (χ1n) is 11.5. The molecule has 0 aliphatic heterocycles. The molecular weight excluding hydrogens is 466 g/mol. The Kier molecular flexibility index (Phi) is 7.55. The highest BCUT2D eigenvalue weighted by molar-refractivity contribution is 7.17. The lowest BCUT2D eigenvalue weighted by atomic mass is 9.88. The number of nitrogens with zero attached hydrogens (tertiary/aromatic N) is 2. The third-order valence-corrected chi connectivity index (χ3v) is 6.95. The van der Waals surface area contributed by atoms with Crippen molar-refractivity contribution in [2.75, 3.05) is 11.9 Å². The summed E-state index contributed by atoms with van der Waals surface area (Å²) in [5, 5.41) is 3.27. The molecule has 0 fully saturated rings. The number of fused-ring (bicyclic) bond motifs is 1. The maximum absolute atomic E-state index is 13.5. The molecule has 2 heterocycles. The lowest BCUT2D eigenvalue weighted by Crippen LogP contribution is -2.26. The Morgan fingerprint density at radius 1 is 1.14 bits per heavy atom. The summed E-state index contributed by atoms with van der Waals surface area (Å²) in [5.41, 5.74) is 2.48. The number of esters is 2. The van der Waals surface area contributed by atoms with Gasteiger partial charge in [-0.3, -0.25) is 9.78 Å². The molecule has 0 bridgehead atoms. The number of hydrogen-bond acceptors (Lipinski definition) is 8. The standard InChI is InChI=1S/C26H27N3O5S/c1-4-33-26(32)21-18-11-10-15(2)12-20(18)35-24(21)29-23(30)22(17-8-6-5-7-9-17)34-25(31)19-14-27-16(3)13-28-19/h5-9,13-15,22H,4,10-12H2,1-3H3,(H,29,30)/t15-,22+/m0/s1. The zero-order chi connectivity index (χ0) is 24.9. The Morgan fingerprint density at radius 3 is 2.60 bits per heavy atom. The van der Waals surface area contributed by atoms with Crippen LogP contribution in [0.25, 0.3) is 0 Å². The van der Waals surface area contributed by atoms with E-state index in [1.807, 2.05) is 0 Å². The van der Waals surface area contributed by atoms with Crippen molar-refractivity contribution < 1.29 is 23.9 Å². The van der Waals surface area contributed by atoms with Gasteiger partial charge in [-0.2, -0.15) is 0 Å². The molecule has 1 aliphatic rings. The number of rotatable bonds is 7. The van der Waals surface area contributed by atoms with Gasteiger partial charge < -0.3 is 14.8 Å². The van der Waals surface area contributed by atoms with Gasteiger partial charge in [0.25, 0.3) is 5.91 Å². The van der Waals surface area contributed by atoms with Crippen molar-refractivity contribution in [3.8, 4) is 0 Å². The molecule has 1 aliphatic carbocycles. The number of thiophene rings is 1. The normalized spacial score (nSPS) is 15.6. The quantitative estimate of drug-likeness (QED) is 0.476. The summed E-state index contributed by atoms with van der Waals surface area (Å²) < 4.78 is 10.9. The highest BCUT2D eigenvalue weighted by Crippen LogP contribution is 2.40. The van der Waals surface area contributed by atoms with Crippen molar-refractivity contribution in [3.63, 3.8) is 0 Å². The van der Waals surface area contributed by atoms with Crippen molar-refractivity contribution in [2.45, 2.75) is 46.1 Å². The molecule has 182 valence electrons. The Morgan fingerprint density at radius 2 is 1.91 bits per heavy atom. The molecule has 4 rings (SSSR count). The number of anilines is 1. The van der Waals surface area contributed by atoms with Crippen LogP contribution >= 0.6 is 11.3 Å². The van der Waals surface area contributed by atoms with Crippen LogP contribution in [0.2, 0.25) is 0 Å². The number of nitrogens with one attached hydrogen (secondary N) is 1. The van der Waals surface area contributed by atoms with Gasteiger partial charge in [-0.15, -0.1) is 11.3 Å². The predicted octanol–water partition coefficient (Wildman–Crippen LogP) is 4.68. The highest BCUT2D eigenvalue weighted by Gasteiger charge is 2.32. The number of carbonyl (C=O) groups is 3. The molecule has 1 amide bonds. The smallest absolute Gasteiger partial charge is 0.359 e. The lowest BCUT2D eigenvalue weighted by Gasteiger charge is -2.19. The molecule has 9 heteroatoms. The second kappa shape index (κ2) is 10.8. The van der Waals surface area contributed by atoms with Crippen LogP contribution < -0.4 is 5.32 Å². The van der Waals surface area contributed by atoms with Gasteiger partial charge in [-0.05, 0) is 44.6 Å². The molecule has 1 aromatic carbocycles. The number of aryl methyl sites for hydroxylation is 1. The number of amides is 1. The Balaban J connectivity index is 1.64. The van der Waals surface area contributed by atoms with Crippen molar-refractivity contribution in [1.29, 1.82) is 0 Å². The minimum atomic E-state index is -1.25. The Labute approximate surface area is 207 Å². The van der Waals surface area contributed by atoms with Gasteiger partial charge in [0.1, 0.15) is 5.00 Å². The zero-order valence-electron chi connectivity index (χ0n) is 19.9. The SMILES string of the molecule is CCOC(=O)c1c(NC(=O)[C@H](OC(=O)c2cnc(C)cn2)c2ccccc2)sc2c1CC[C@H](C)C2. The van der Waals surface area contributed by atoms with E-state index in [0.717, 1.165) is 29.7 Å². The molecule has 0 saturated carbocycles. The first-order valence-corrected chi connectivity index (χ1v) is 12.4. The second-order valence-corrected chi connectivity index (χ2v) is 9.61. The molecule has 0 spiro atoms. The molecule has 0 saturated heterocycles. The maximum Gasteiger partial charge on any atom is 0.359 e. The third-order valence-electron chi connectivity index (χ3n) is 5.78. The minimum Gasteiger partial charge on any atom is -0.462 e. The molecule has 0 radical (unpaired) electrons. The van der Waals surface area contributed by atoms with E-state index in [4.69, 9.17) is 9.47 Å². The number of carbonyl (C=O) groups excluding carboxylic acids is 3. The van der Waals surface area contributed by atoms with E-state index in [-0.39, 0.29) is 12.3 Å². The Hall–Kier alpha value is -3.59. The predicted molar refractivity (Wildman–Crippen MR) is 131 cm³/mol. The van der Waals surface area contributed by atoms with Gasteiger partial charge in [0.2, 0.25) is 6.10 Å².